The number of aromatic nitrogens is 4. The summed E-state index contributed by atoms with van der Waals surface area (Å²) >= 11 is 6.70. The molecule has 0 atom stereocenters. The lowest BCUT2D eigenvalue weighted by Crippen LogP contribution is -2.27. The van der Waals surface area contributed by atoms with Crippen LogP contribution < -0.4 is 5.32 Å². The average molecular weight is 394 g/mol. The van der Waals surface area contributed by atoms with Gasteiger partial charge in [0.05, 0.1) is 10.6 Å². The lowest BCUT2D eigenvalue weighted by atomic mass is 10.2. The zero-order valence-electron chi connectivity index (χ0n) is 12.1. The second-order valence-electron chi connectivity index (χ2n) is 4.81. The molecule has 2 heterocycles. The van der Waals surface area contributed by atoms with E-state index >= 15 is 0 Å². The summed E-state index contributed by atoms with van der Waals surface area (Å²) in [6, 6.07) is 3.84. The first-order valence-corrected chi connectivity index (χ1v) is 7.97. The third kappa shape index (κ3) is 3.56. The standard InChI is InChI=1S/C13H8ClF4N5OS/c14-6-2-1-3-7(15)9(6)10(24)19-5-4-8-22-23-11(13(16,17)18)20-21-12(23)25-8/h1-3H,4-5H2,(H,19,24). The number of carbonyl (C=O) groups is 1. The topological polar surface area (TPSA) is 72.2 Å². The van der Waals surface area contributed by atoms with E-state index in [0.29, 0.717) is 9.52 Å². The van der Waals surface area contributed by atoms with Gasteiger partial charge in [-0.05, 0) is 12.1 Å². The number of carbonyl (C=O) groups excluding carboxylic acids is 1. The first kappa shape index (κ1) is 17.5. The van der Waals surface area contributed by atoms with E-state index in [4.69, 9.17) is 11.6 Å². The molecule has 3 aromatic rings. The Labute approximate surface area is 146 Å². The Morgan fingerprint density at radius 2 is 2.08 bits per heavy atom. The highest BCUT2D eigenvalue weighted by Crippen LogP contribution is 2.29. The summed E-state index contributed by atoms with van der Waals surface area (Å²) in [7, 11) is 0. The van der Waals surface area contributed by atoms with Gasteiger partial charge >= 0.3 is 6.18 Å². The number of hydrogen-bond donors (Lipinski definition) is 1. The molecule has 12 heteroatoms. The van der Waals surface area contributed by atoms with Crippen LogP contribution in [0.2, 0.25) is 5.02 Å². The summed E-state index contributed by atoms with van der Waals surface area (Å²) in [5.74, 6) is -2.70. The molecular weight excluding hydrogens is 386 g/mol. The number of hydrogen-bond acceptors (Lipinski definition) is 5. The third-order valence-corrected chi connectivity index (χ3v) is 4.37. The summed E-state index contributed by atoms with van der Waals surface area (Å²) in [6.45, 7) is 0.0367. The van der Waals surface area contributed by atoms with E-state index in [2.05, 4.69) is 20.6 Å². The summed E-state index contributed by atoms with van der Waals surface area (Å²) < 4.78 is 52.4. The van der Waals surface area contributed by atoms with Crippen molar-refractivity contribution in [3.63, 3.8) is 0 Å². The first-order valence-electron chi connectivity index (χ1n) is 6.78. The molecule has 2 aromatic heterocycles. The molecule has 0 bridgehead atoms. The highest BCUT2D eigenvalue weighted by atomic mass is 35.5. The van der Waals surface area contributed by atoms with Crippen molar-refractivity contribution < 1.29 is 22.4 Å². The van der Waals surface area contributed by atoms with Crippen LogP contribution >= 0.6 is 22.9 Å². The maximum Gasteiger partial charge on any atom is 0.453 e. The molecule has 0 radical (unpaired) electrons. The minimum Gasteiger partial charge on any atom is -0.351 e. The number of alkyl halides is 3. The lowest BCUT2D eigenvalue weighted by Gasteiger charge is -2.06. The third-order valence-electron chi connectivity index (χ3n) is 3.10. The fourth-order valence-corrected chi connectivity index (χ4v) is 3.10. The molecule has 0 unspecified atom stereocenters. The van der Waals surface area contributed by atoms with E-state index in [1.54, 1.807) is 0 Å². The van der Waals surface area contributed by atoms with Crippen molar-refractivity contribution in [2.24, 2.45) is 0 Å². The van der Waals surface area contributed by atoms with Crippen LogP contribution in [0.15, 0.2) is 18.2 Å². The van der Waals surface area contributed by atoms with Crippen LogP contribution in [-0.4, -0.2) is 32.3 Å². The Morgan fingerprint density at radius 3 is 2.76 bits per heavy atom. The van der Waals surface area contributed by atoms with Crippen molar-refractivity contribution in [2.45, 2.75) is 12.6 Å². The molecule has 6 nitrogen and oxygen atoms in total. The molecule has 0 spiro atoms. The normalized spacial score (nSPS) is 11.9. The molecule has 1 amide bonds. The molecule has 1 aromatic carbocycles. The smallest absolute Gasteiger partial charge is 0.351 e. The fraction of sp³-hybridized carbons (Fsp3) is 0.231. The van der Waals surface area contributed by atoms with Gasteiger partial charge in [0.25, 0.3) is 11.7 Å². The molecule has 0 aliphatic heterocycles. The second-order valence-corrected chi connectivity index (χ2v) is 6.26. The molecule has 0 saturated carbocycles. The Morgan fingerprint density at radius 1 is 1.32 bits per heavy atom. The Kier molecular flexibility index (Phi) is 4.60. The van der Waals surface area contributed by atoms with E-state index in [9.17, 15) is 22.4 Å². The molecule has 0 fully saturated rings. The summed E-state index contributed by atoms with van der Waals surface area (Å²) in [6.07, 6.45) is -4.52. The van der Waals surface area contributed by atoms with Gasteiger partial charge in [0.1, 0.15) is 10.8 Å². The first-order chi connectivity index (χ1) is 11.8. The number of rotatable bonds is 4. The van der Waals surface area contributed by atoms with Crippen molar-refractivity contribution >= 4 is 33.8 Å². The fourth-order valence-electron chi connectivity index (χ4n) is 2.02. The molecule has 1 N–H and O–H groups in total. The van der Waals surface area contributed by atoms with Crippen molar-refractivity contribution in [1.82, 2.24) is 25.1 Å². The van der Waals surface area contributed by atoms with E-state index < -0.39 is 23.7 Å². The number of amides is 1. The monoisotopic (exact) mass is 393 g/mol. The van der Waals surface area contributed by atoms with E-state index in [-0.39, 0.29) is 28.5 Å². The Bertz CT molecular complexity index is 918. The quantitative estimate of drug-likeness (QED) is 0.692. The van der Waals surface area contributed by atoms with Gasteiger partial charge in [-0.1, -0.05) is 29.0 Å². The van der Waals surface area contributed by atoms with Gasteiger partial charge in [-0.3, -0.25) is 4.79 Å². The predicted octanol–water partition coefficient (Wildman–Crippen LogP) is 2.97. The highest BCUT2D eigenvalue weighted by molar-refractivity contribution is 7.16. The zero-order valence-corrected chi connectivity index (χ0v) is 13.7. The maximum atomic E-state index is 13.6. The molecule has 3 rings (SSSR count). The van der Waals surface area contributed by atoms with Crippen LogP contribution in [-0.2, 0) is 12.6 Å². The van der Waals surface area contributed by atoms with Gasteiger partial charge in [-0.2, -0.15) is 22.8 Å². The number of benzene rings is 1. The Hall–Kier alpha value is -2.27. The number of nitrogens with one attached hydrogen (secondary N) is 1. The van der Waals surface area contributed by atoms with E-state index in [1.807, 2.05) is 0 Å². The average Bonchev–Trinajstić information content (AvgIpc) is 3.05. The van der Waals surface area contributed by atoms with Crippen molar-refractivity contribution in [3.8, 4) is 0 Å². The van der Waals surface area contributed by atoms with Gasteiger partial charge in [0.2, 0.25) is 4.96 Å². The molecule has 132 valence electrons. The highest BCUT2D eigenvalue weighted by Gasteiger charge is 2.38. The predicted molar refractivity (Wildman–Crippen MR) is 81.1 cm³/mol. The van der Waals surface area contributed by atoms with Crippen molar-refractivity contribution in [1.29, 1.82) is 0 Å². The number of nitrogens with zero attached hydrogens (tertiary/aromatic N) is 4. The molecule has 25 heavy (non-hydrogen) atoms. The number of fused-ring (bicyclic) bond motifs is 1. The van der Waals surface area contributed by atoms with Crippen LogP contribution in [0, 0.1) is 5.82 Å². The summed E-state index contributed by atoms with van der Waals surface area (Å²) in [4.78, 5) is 11.9. The van der Waals surface area contributed by atoms with Crippen LogP contribution in [0.4, 0.5) is 17.6 Å². The van der Waals surface area contributed by atoms with Gasteiger partial charge in [-0.15, -0.1) is 10.2 Å². The van der Waals surface area contributed by atoms with E-state index in [0.717, 1.165) is 17.4 Å². The van der Waals surface area contributed by atoms with Crippen LogP contribution in [0.1, 0.15) is 21.2 Å². The minimum atomic E-state index is -4.67. The van der Waals surface area contributed by atoms with Gasteiger partial charge in [0, 0.05) is 13.0 Å². The Balaban J connectivity index is 1.67. The maximum absolute atomic E-state index is 13.6. The SMILES string of the molecule is O=C(NCCc1nn2c(C(F)(F)F)nnc2s1)c1c(F)cccc1Cl. The van der Waals surface area contributed by atoms with Crippen LogP contribution in [0.3, 0.4) is 0 Å². The molecular formula is C13H8ClF4N5OS. The summed E-state index contributed by atoms with van der Waals surface area (Å²) in [5.41, 5.74) is -0.290. The summed E-state index contributed by atoms with van der Waals surface area (Å²) in [5, 5.41) is 13.0. The lowest BCUT2D eigenvalue weighted by molar-refractivity contribution is -0.146. The molecule has 0 aliphatic rings. The zero-order chi connectivity index (χ0) is 18.2. The van der Waals surface area contributed by atoms with Crippen molar-refractivity contribution in [3.05, 3.63) is 45.4 Å². The van der Waals surface area contributed by atoms with Crippen LogP contribution in [0.25, 0.3) is 4.96 Å². The van der Waals surface area contributed by atoms with E-state index in [1.165, 1.54) is 12.1 Å². The van der Waals surface area contributed by atoms with Gasteiger partial charge < -0.3 is 5.32 Å². The number of halogens is 5. The molecule has 0 saturated heterocycles. The second kappa shape index (κ2) is 6.56. The largest absolute Gasteiger partial charge is 0.453 e. The van der Waals surface area contributed by atoms with Crippen molar-refractivity contribution in [2.75, 3.05) is 6.54 Å². The van der Waals surface area contributed by atoms with Gasteiger partial charge in [0.15, 0.2) is 0 Å². The van der Waals surface area contributed by atoms with Gasteiger partial charge in [-0.25, -0.2) is 4.39 Å². The molecule has 0 aliphatic carbocycles. The minimum absolute atomic E-state index is 0.00852. The van der Waals surface area contributed by atoms with Crippen LogP contribution in [0.5, 0.6) is 0 Å².